The molecule has 2 aliphatic rings. The lowest BCUT2D eigenvalue weighted by Crippen LogP contribution is -2.55. The van der Waals surface area contributed by atoms with Gasteiger partial charge in [0.05, 0.1) is 16.1 Å². The minimum atomic E-state index is 0.226. The highest BCUT2D eigenvalue weighted by Crippen LogP contribution is 2.46. The summed E-state index contributed by atoms with van der Waals surface area (Å²) >= 11 is 12.2. The fourth-order valence-electron chi connectivity index (χ4n) is 3.90. The summed E-state index contributed by atoms with van der Waals surface area (Å²) in [5.74, 6) is 3.44. The van der Waals surface area contributed by atoms with Gasteiger partial charge in [0.25, 0.3) is 0 Å². The lowest BCUT2D eigenvalue weighted by atomic mass is 9.75. The normalized spacial score (nSPS) is 34.2. The van der Waals surface area contributed by atoms with Gasteiger partial charge in [-0.2, -0.15) is 0 Å². The smallest absolute Gasteiger partial charge is 0.209 e. The van der Waals surface area contributed by atoms with E-state index in [4.69, 9.17) is 27.9 Å². The van der Waals surface area contributed by atoms with Gasteiger partial charge in [-0.05, 0) is 44.7 Å². The van der Waals surface area contributed by atoms with Crippen LogP contribution in [-0.2, 0) is 21.4 Å². The van der Waals surface area contributed by atoms with Crippen LogP contribution in [0.25, 0.3) is 0 Å². The SMILES string of the molecule is C[C@@H]1CC[C@@H]2[C@@H](C1)OC[S+](Cc1ccc(Cl)c(Cl)c1)C2(C)C. The molecule has 4 heteroatoms. The number of hydrogen-bond acceptors (Lipinski definition) is 1. The van der Waals surface area contributed by atoms with Crippen LogP contribution < -0.4 is 0 Å². The lowest BCUT2D eigenvalue weighted by Gasteiger charge is -2.46. The molecule has 0 aromatic heterocycles. The van der Waals surface area contributed by atoms with Gasteiger partial charge in [0, 0.05) is 22.4 Å². The highest BCUT2D eigenvalue weighted by atomic mass is 35.5. The molecule has 1 nitrogen and oxygen atoms in total. The predicted molar refractivity (Wildman–Crippen MR) is 97.9 cm³/mol. The molecule has 1 unspecified atom stereocenters. The first kappa shape index (κ1) is 17.0. The van der Waals surface area contributed by atoms with E-state index in [0.717, 1.165) is 17.6 Å². The third-order valence-corrected chi connectivity index (χ3v) is 9.07. The third kappa shape index (κ3) is 3.31. The van der Waals surface area contributed by atoms with Crippen molar-refractivity contribution in [1.82, 2.24) is 0 Å². The molecule has 1 aromatic carbocycles. The van der Waals surface area contributed by atoms with Crippen LogP contribution in [0.3, 0.4) is 0 Å². The second-order valence-electron chi connectivity index (χ2n) is 7.34. The molecule has 122 valence electrons. The summed E-state index contributed by atoms with van der Waals surface area (Å²) < 4.78 is 6.62. The maximum absolute atomic E-state index is 6.28. The largest absolute Gasteiger partial charge is 0.332 e. The highest BCUT2D eigenvalue weighted by molar-refractivity contribution is 7.97. The maximum atomic E-state index is 6.28. The number of hydrogen-bond donors (Lipinski definition) is 0. The first-order valence-corrected chi connectivity index (χ1v) is 10.4. The average molecular weight is 360 g/mol. The van der Waals surface area contributed by atoms with Crippen LogP contribution in [0.4, 0.5) is 0 Å². The zero-order valence-electron chi connectivity index (χ0n) is 13.6. The van der Waals surface area contributed by atoms with Gasteiger partial charge in [0.2, 0.25) is 5.94 Å². The summed E-state index contributed by atoms with van der Waals surface area (Å²) in [5, 5.41) is 1.29. The van der Waals surface area contributed by atoms with Crippen LogP contribution in [-0.4, -0.2) is 16.8 Å². The van der Waals surface area contributed by atoms with Crippen molar-refractivity contribution in [1.29, 1.82) is 0 Å². The van der Waals surface area contributed by atoms with E-state index in [1.54, 1.807) is 0 Å². The Bertz CT molecular complexity index is 546. The van der Waals surface area contributed by atoms with Gasteiger partial charge in [-0.25, -0.2) is 0 Å². The molecule has 1 saturated heterocycles. The van der Waals surface area contributed by atoms with Crippen molar-refractivity contribution in [2.75, 3.05) is 5.94 Å². The number of ether oxygens (including phenoxy) is 1. The van der Waals surface area contributed by atoms with Gasteiger partial charge in [-0.1, -0.05) is 42.6 Å². The molecular weight excluding hydrogens is 335 g/mol. The van der Waals surface area contributed by atoms with Crippen LogP contribution in [0, 0.1) is 11.8 Å². The van der Waals surface area contributed by atoms with Gasteiger partial charge in [0.15, 0.2) is 0 Å². The maximum Gasteiger partial charge on any atom is 0.209 e. The summed E-state index contributed by atoms with van der Waals surface area (Å²) in [5.41, 5.74) is 1.28. The molecule has 1 aliphatic heterocycles. The zero-order chi connectivity index (χ0) is 15.9. The molecule has 2 fully saturated rings. The van der Waals surface area contributed by atoms with Gasteiger partial charge in [-0.3, -0.25) is 0 Å². The molecule has 1 saturated carbocycles. The minimum absolute atomic E-state index is 0.226. The molecule has 0 N–H and O–H groups in total. The molecule has 1 aliphatic carbocycles. The van der Waals surface area contributed by atoms with E-state index in [2.05, 4.69) is 26.8 Å². The Morgan fingerprint density at radius 2 is 2.00 bits per heavy atom. The molecule has 3 rings (SSSR count). The Kier molecular flexibility index (Phi) is 5.04. The van der Waals surface area contributed by atoms with E-state index in [1.165, 1.54) is 24.8 Å². The number of halogens is 2. The first-order chi connectivity index (χ1) is 10.4. The highest BCUT2D eigenvalue weighted by Gasteiger charge is 2.54. The summed E-state index contributed by atoms with van der Waals surface area (Å²) in [4.78, 5) is 0. The minimum Gasteiger partial charge on any atom is -0.332 e. The number of benzene rings is 1. The molecule has 0 bridgehead atoms. The van der Waals surface area contributed by atoms with E-state index >= 15 is 0 Å². The average Bonchev–Trinajstić information content (AvgIpc) is 2.45. The Balaban J connectivity index is 1.75. The van der Waals surface area contributed by atoms with Gasteiger partial charge >= 0.3 is 0 Å². The van der Waals surface area contributed by atoms with Crippen molar-refractivity contribution in [3.05, 3.63) is 33.8 Å². The Morgan fingerprint density at radius 1 is 1.23 bits per heavy atom. The van der Waals surface area contributed by atoms with Crippen molar-refractivity contribution in [2.24, 2.45) is 11.8 Å². The fraction of sp³-hybridized carbons (Fsp3) is 0.667. The second-order valence-corrected chi connectivity index (χ2v) is 10.7. The molecule has 1 heterocycles. The van der Waals surface area contributed by atoms with E-state index in [-0.39, 0.29) is 10.9 Å². The lowest BCUT2D eigenvalue weighted by molar-refractivity contribution is -0.0251. The van der Waals surface area contributed by atoms with Crippen molar-refractivity contribution in [3.63, 3.8) is 0 Å². The second kappa shape index (κ2) is 6.55. The van der Waals surface area contributed by atoms with Gasteiger partial charge < -0.3 is 4.74 Å². The van der Waals surface area contributed by atoms with E-state index in [1.807, 2.05) is 12.1 Å². The molecule has 22 heavy (non-hydrogen) atoms. The topological polar surface area (TPSA) is 9.23 Å². The van der Waals surface area contributed by atoms with Crippen molar-refractivity contribution >= 4 is 34.1 Å². The molecule has 0 amide bonds. The van der Waals surface area contributed by atoms with E-state index in [9.17, 15) is 0 Å². The van der Waals surface area contributed by atoms with Gasteiger partial charge in [-0.15, -0.1) is 0 Å². The van der Waals surface area contributed by atoms with Crippen LogP contribution in [0.5, 0.6) is 0 Å². The summed E-state index contributed by atoms with van der Waals surface area (Å²) in [7, 11) is 0.226. The van der Waals surface area contributed by atoms with Crippen LogP contribution >= 0.6 is 23.2 Å². The number of rotatable bonds is 2. The Hall–Kier alpha value is 0.110. The van der Waals surface area contributed by atoms with Crippen LogP contribution in [0.1, 0.15) is 45.6 Å². The quantitative estimate of drug-likeness (QED) is 0.616. The predicted octanol–water partition coefficient (Wildman–Crippen LogP) is 5.68. The Morgan fingerprint density at radius 3 is 2.73 bits per heavy atom. The third-order valence-electron chi connectivity index (χ3n) is 5.44. The van der Waals surface area contributed by atoms with Crippen molar-refractivity contribution in [2.45, 2.75) is 56.6 Å². The summed E-state index contributed by atoms with van der Waals surface area (Å²) in [6.45, 7) is 7.25. The van der Waals surface area contributed by atoms with Crippen molar-refractivity contribution < 1.29 is 4.74 Å². The summed E-state index contributed by atoms with van der Waals surface area (Å²) in [6, 6.07) is 6.03. The van der Waals surface area contributed by atoms with Crippen LogP contribution in [0.15, 0.2) is 18.2 Å². The van der Waals surface area contributed by atoms with E-state index < -0.39 is 0 Å². The monoisotopic (exact) mass is 359 g/mol. The van der Waals surface area contributed by atoms with Crippen molar-refractivity contribution in [3.8, 4) is 0 Å². The Labute approximate surface area is 147 Å². The van der Waals surface area contributed by atoms with Gasteiger partial charge in [0.1, 0.15) is 10.5 Å². The van der Waals surface area contributed by atoms with Crippen LogP contribution in [0.2, 0.25) is 10.0 Å². The number of fused-ring (bicyclic) bond motifs is 1. The first-order valence-electron chi connectivity index (χ1n) is 8.11. The molecular formula is C18H25Cl2OS+. The molecule has 1 aromatic rings. The molecule has 0 spiro atoms. The van der Waals surface area contributed by atoms with E-state index in [0.29, 0.717) is 26.8 Å². The standard InChI is InChI=1S/C18H25Cl2OS/c1-12-4-6-14-17(8-12)21-11-22(18(14,2)3)10-13-5-7-15(19)16(20)9-13/h5,7,9,12,14,17H,4,6,8,10-11H2,1-3H3/q+1/t12-,14-,17-,22?/m1/s1. The molecule has 4 atom stereocenters. The zero-order valence-corrected chi connectivity index (χ0v) is 15.9. The summed E-state index contributed by atoms with van der Waals surface area (Å²) in [6.07, 6.45) is 4.36. The fourth-order valence-corrected chi connectivity index (χ4v) is 6.60. The molecule has 0 radical (unpaired) electrons.